The number of aromatic nitrogens is 1. The molecule has 3 heterocycles. The molecule has 2 aliphatic rings. The van der Waals surface area contributed by atoms with E-state index in [0.717, 1.165) is 27.7 Å². The van der Waals surface area contributed by atoms with Crippen LogP contribution in [0.25, 0.3) is 10.9 Å². The van der Waals surface area contributed by atoms with Gasteiger partial charge in [0.25, 0.3) is 5.69 Å². The van der Waals surface area contributed by atoms with Crippen molar-refractivity contribution in [3.05, 3.63) is 111 Å². The maximum Gasteiger partial charge on any atom is 0.338 e. The molecule has 5 atom stereocenters. The number of para-hydroxylation sites is 1. The highest BCUT2D eigenvalue weighted by Gasteiger charge is 2.49. The van der Waals surface area contributed by atoms with Crippen molar-refractivity contribution in [2.45, 2.75) is 51.0 Å². The highest BCUT2D eigenvalue weighted by atomic mass is 16.6. The molecule has 0 aliphatic carbocycles. The number of ether oxygens (including phenoxy) is 3. The lowest BCUT2D eigenvalue weighted by Crippen LogP contribution is -2.56. The zero-order chi connectivity index (χ0) is 32.4. The summed E-state index contributed by atoms with van der Waals surface area (Å²) >= 11 is 0. The van der Waals surface area contributed by atoms with Gasteiger partial charge in [0, 0.05) is 54.0 Å². The molecule has 3 aromatic carbocycles. The van der Waals surface area contributed by atoms with Gasteiger partial charge in [0.1, 0.15) is 18.8 Å². The third-order valence-corrected chi connectivity index (χ3v) is 9.29. The van der Waals surface area contributed by atoms with Gasteiger partial charge in [-0.2, -0.15) is 0 Å². The van der Waals surface area contributed by atoms with Gasteiger partial charge in [-0.25, -0.2) is 4.79 Å². The van der Waals surface area contributed by atoms with Crippen LogP contribution in [0.5, 0.6) is 0 Å². The summed E-state index contributed by atoms with van der Waals surface area (Å²) in [5.41, 5.74) is 3.98. The molecule has 11 nitrogen and oxygen atoms in total. The fourth-order valence-corrected chi connectivity index (χ4v) is 6.93. The zero-order valence-electron chi connectivity index (χ0n) is 25.6. The lowest BCUT2D eigenvalue weighted by Gasteiger charge is -2.50. The monoisotopic (exact) mass is 625 g/mol. The third-order valence-electron chi connectivity index (χ3n) is 9.29. The first-order valence-electron chi connectivity index (χ1n) is 15.3. The predicted octanol–water partition coefficient (Wildman–Crippen LogP) is 5.53. The molecule has 0 spiro atoms. The number of esters is 3. The number of hydrogen-bond acceptors (Lipinski definition) is 9. The lowest BCUT2D eigenvalue weighted by molar-refractivity contribution is -0.384. The van der Waals surface area contributed by atoms with E-state index in [4.69, 9.17) is 14.2 Å². The van der Waals surface area contributed by atoms with Crippen molar-refractivity contribution in [1.82, 2.24) is 9.88 Å². The maximum atomic E-state index is 13.8. The van der Waals surface area contributed by atoms with Gasteiger partial charge in [-0.1, -0.05) is 48.5 Å². The van der Waals surface area contributed by atoms with Gasteiger partial charge >= 0.3 is 17.9 Å². The van der Waals surface area contributed by atoms with Gasteiger partial charge in [-0.05, 0) is 48.6 Å². The van der Waals surface area contributed by atoms with E-state index in [1.165, 1.54) is 31.4 Å². The van der Waals surface area contributed by atoms with Crippen molar-refractivity contribution < 1.29 is 33.5 Å². The fourth-order valence-electron chi connectivity index (χ4n) is 6.93. The number of nitro benzene ring substituents is 1. The van der Waals surface area contributed by atoms with Crippen molar-refractivity contribution in [3.8, 4) is 0 Å². The molecule has 0 bridgehead atoms. The van der Waals surface area contributed by atoms with E-state index in [-0.39, 0.29) is 54.1 Å². The molecule has 4 aromatic rings. The first-order valence-corrected chi connectivity index (χ1v) is 15.3. The minimum Gasteiger partial charge on any atom is -0.469 e. The molecule has 1 aromatic heterocycles. The van der Waals surface area contributed by atoms with Crippen molar-refractivity contribution in [3.63, 3.8) is 0 Å². The lowest BCUT2D eigenvalue weighted by atomic mass is 9.73. The average Bonchev–Trinajstić information content (AvgIpc) is 3.45. The number of nitrogens with zero attached hydrogens (tertiary/aromatic N) is 2. The number of methoxy groups -OCH3 is 1. The summed E-state index contributed by atoms with van der Waals surface area (Å²) in [6, 6.07) is 21.9. The molecule has 11 heteroatoms. The highest BCUT2D eigenvalue weighted by molar-refractivity contribution is 5.90. The zero-order valence-corrected chi connectivity index (χ0v) is 25.6. The number of H-pyrrole nitrogens is 1. The number of nitrogens with one attached hydrogen (secondary N) is 1. The standard InChI is InChI=1S/C35H35N3O8/c1-21(46-34(40)23-12-14-25(15-13-23)38(42)43)28-19-37-30(16-24(28)17-32(39)44-2)33-27(26-10-6-7-11-29(26)36-33)18-31(37)35(41)45-20-22-8-4-3-5-9-22/h3-15,21,24,28,30-31,36H,16-20H2,1-2H3/t21-,24-,28-,30+,31-/m1/s1. The molecule has 238 valence electrons. The second-order valence-corrected chi connectivity index (χ2v) is 11.9. The quantitative estimate of drug-likeness (QED) is 0.110. The van der Waals surface area contributed by atoms with E-state index >= 15 is 0 Å². The number of nitro groups is 1. The SMILES string of the molecule is COC(=O)C[C@H]1C[C@H]2c3[nH]c4ccccc4c3C[C@H](C(=O)OCc3ccccc3)N2C[C@@H]1[C@@H](C)OC(=O)c1ccc([N+](=O)[O-])cc1. The summed E-state index contributed by atoms with van der Waals surface area (Å²) < 4.78 is 16.8. The normalized spacial score (nSPS) is 21.4. The number of aromatic amines is 1. The molecule has 0 saturated carbocycles. The topological polar surface area (TPSA) is 141 Å². The van der Waals surface area contributed by atoms with Crippen LogP contribution in [-0.2, 0) is 36.8 Å². The van der Waals surface area contributed by atoms with Crippen LogP contribution in [0, 0.1) is 22.0 Å². The summed E-state index contributed by atoms with van der Waals surface area (Å²) in [7, 11) is 1.35. The minimum atomic E-state index is -0.650. The molecule has 1 fully saturated rings. The van der Waals surface area contributed by atoms with Gasteiger partial charge in [0.05, 0.1) is 23.6 Å². The van der Waals surface area contributed by atoms with Crippen LogP contribution >= 0.6 is 0 Å². The molecule has 1 N–H and O–H groups in total. The van der Waals surface area contributed by atoms with Crippen LogP contribution in [0.3, 0.4) is 0 Å². The molecular weight excluding hydrogens is 590 g/mol. The van der Waals surface area contributed by atoms with Crippen molar-refractivity contribution in [1.29, 1.82) is 0 Å². The molecule has 0 radical (unpaired) electrons. The number of hydrogen-bond donors (Lipinski definition) is 1. The third kappa shape index (κ3) is 6.23. The van der Waals surface area contributed by atoms with E-state index in [2.05, 4.69) is 9.88 Å². The van der Waals surface area contributed by atoms with E-state index in [9.17, 15) is 24.5 Å². The van der Waals surface area contributed by atoms with Crippen LogP contribution in [-0.4, -0.2) is 58.5 Å². The number of piperidine rings is 1. The van der Waals surface area contributed by atoms with Gasteiger partial charge < -0.3 is 19.2 Å². The molecule has 1 saturated heterocycles. The van der Waals surface area contributed by atoms with E-state index in [1.54, 1.807) is 6.92 Å². The Bertz CT molecular complexity index is 1750. The predicted molar refractivity (Wildman–Crippen MR) is 168 cm³/mol. The minimum absolute atomic E-state index is 0.115. The first kappa shape index (κ1) is 31.0. The summed E-state index contributed by atoms with van der Waals surface area (Å²) in [4.78, 5) is 55.8. The molecule has 0 unspecified atom stereocenters. The average molecular weight is 626 g/mol. The number of non-ortho nitro benzene ring substituents is 1. The number of rotatable bonds is 9. The van der Waals surface area contributed by atoms with E-state index in [1.807, 2.05) is 54.6 Å². The molecule has 2 aliphatic heterocycles. The van der Waals surface area contributed by atoms with Gasteiger partial charge in [0.2, 0.25) is 0 Å². The Labute approximate surface area is 265 Å². The van der Waals surface area contributed by atoms with Crippen molar-refractivity contribution in [2.24, 2.45) is 11.8 Å². The van der Waals surface area contributed by atoms with Crippen LogP contribution in [0.4, 0.5) is 5.69 Å². The Hall–Kier alpha value is -5.03. The van der Waals surface area contributed by atoms with E-state index < -0.39 is 23.0 Å². The number of carbonyl (C=O) groups is 3. The second-order valence-electron chi connectivity index (χ2n) is 11.9. The van der Waals surface area contributed by atoms with E-state index in [0.29, 0.717) is 19.4 Å². The largest absolute Gasteiger partial charge is 0.469 e. The van der Waals surface area contributed by atoms with Gasteiger partial charge in [-0.3, -0.25) is 24.6 Å². The van der Waals surface area contributed by atoms with Crippen LogP contribution in [0.2, 0.25) is 0 Å². The smallest absolute Gasteiger partial charge is 0.338 e. The molecule has 0 amide bonds. The molecule has 46 heavy (non-hydrogen) atoms. The second kappa shape index (κ2) is 13.1. The Morgan fingerprint density at radius 2 is 1.74 bits per heavy atom. The summed E-state index contributed by atoms with van der Waals surface area (Å²) in [6.45, 7) is 2.29. The van der Waals surface area contributed by atoms with Crippen LogP contribution < -0.4 is 0 Å². The summed E-state index contributed by atoms with van der Waals surface area (Å²) in [5.74, 6) is -1.90. The first-order chi connectivity index (χ1) is 22.2. The number of fused-ring (bicyclic) bond motifs is 5. The van der Waals surface area contributed by atoms with Gasteiger partial charge in [0.15, 0.2) is 0 Å². The Kier molecular flexibility index (Phi) is 8.85. The summed E-state index contributed by atoms with van der Waals surface area (Å²) in [6.07, 6.45) is 0.420. The summed E-state index contributed by atoms with van der Waals surface area (Å²) in [5, 5.41) is 12.1. The maximum absolute atomic E-state index is 13.8. The highest BCUT2D eigenvalue weighted by Crippen LogP contribution is 2.47. The Morgan fingerprint density at radius 1 is 1.02 bits per heavy atom. The van der Waals surface area contributed by atoms with Gasteiger partial charge in [-0.15, -0.1) is 0 Å². The molecular formula is C35H35N3O8. The van der Waals surface area contributed by atoms with Crippen LogP contribution in [0.15, 0.2) is 78.9 Å². The molecule has 6 rings (SSSR count). The number of benzene rings is 3. The Morgan fingerprint density at radius 3 is 2.46 bits per heavy atom. The van der Waals surface area contributed by atoms with Crippen molar-refractivity contribution in [2.75, 3.05) is 13.7 Å². The number of carbonyl (C=O) groups excluding carboxylic acids is 3. The fraction of sp³-hybridized carbons (Fsp3) is 0.343. The van der Waals surface area contributed by atoms with Crippen molar-refractivity contribution >= 4 is 34.5 Å². The van der Waals surface area contributed by atoms with Crippen LogP contribution in [0.1, 0.15) is 53.0 Å². The Balaban J connectivity index is 1.30.